The number of nitrogens with one attached hydrogen (secondary N) is 1. The monoisotopic (exact) mass is 516 g/mol. The number of aryl methyl sites for hydroxylation is 2. The van der Waals surface area contributed by atoms with Gasteiger partial charge in [-0.1, -0.05) is 37.5 Å². The van der Waals surface area contributed by atoms with Crippen LogP contribution in [-0.2, 0) is 9.59 Å². The minimum atomic E-state index is -0.509. The second-order valence-electron chi connectivity index (χ2n) is 11.1. The molecule has 8 heteroatoms. The van der Waals surface area contributed by atoms with Crippen LogP contribution in [0.2, 0.25) is 0 Å². The number of fused-ring (bicyclic) bond motifs is 1. The number of nitrogens with two attached hydrogens (primary N) is 1. The SMILES string of the molecule is CNC(CC(C(=O)N1CCCC1c1cc(-n2cc(C)c3ccccc32)nc(C)n1)C1CCCCC1)C(N)=O. The van der Waals surface area contributed by atoms with Crippen molar-refractivity contribution in [2.75, 3.05) is 13.6 Å². The summed E-state index contributed by atoms with van der Waals surface area (Å²) in [5.41, 5.74) is 8.87. The van der Waals surface area contributed by atoms with Crippen molar-refractivity contribution in [2.45, 2.75) is 77.3 Å². The zero-order valence-corrected chi connectivity index (χ0v) is 22.8. The fraction of sp³-hybridized carbons (Fsp3) is 0.533. The van der Waals surface area contributed by atoms with Gasteiger partial charge in [0.1, 0.15) is 11.6 Å². The van der Waals surface area contributed by atoms with E-state index in [2.05, 4.69) is 41.2 Å². The summed E-state index contributed by atoms with van der Waals surface area (Å²) >= 11 is 0. The molecule has 2 amide bonds. The Morgan fingerprint density at radius 2 is 1.84 bits per heavy atom. The number of carbonyl (C=O) groups is 2. The van der Waals surface area contributed by atoms with Gasteiger partial charge >= 0.3 is 0 Å². The summed E-state index contributed by atoms with van der Waals surface area (Å²) in [7, 11) is 1.74. The van der Waals surface area contributed by atoms with Crippen LogP contribution in [0.5, 0.6) is 0 Å². The Morgan fingerprint density at radius 3 is 2.58 bits per heavy atom. The fourth-order valence-corrected chi connectivity index (χ4v) is 6.62. The van der Waals surface area contributed by atoms with Crippen molar-refractivity contribution < 1.29 is 9.59 Å². The lowest BCUT2D eigenvalue weighted by molar-refractivity contribution is -0.139. The molecule has 0 spiro atoms. The number of primary amides is 1. The van der Waals surface area contributed by atoms with Crippen LogP contribution in [-0.4, -0.2) is 50.9 Å². The third-order valence-corrected chi connectivity index (χ3v) is 8.60. The third kappa shape index (κ3) is 5.19. The summed E-state index contributed by atoms with van der Waals surface area (Å²) in [6, 6.07) is 9.77. The lowest BCUT2D eigenvalue weighted by Gasteiger charge is -2.35. The Morgan fingerprint density at radius 1 is 1.08 bits per heavy atom. The molecule has 3 aromatic rings. The molecule has 0 bridgehead atoms. The lowest BCUT2D eigenvalue weighted by Crippen LogP contribution is -2.46. The molecular formula is C30H40N6O2. The lowest BCUT2D eigenvalue weighted by atomic mass is 9.76. The van der Waals surface area contributed by atoms with Gasteiger partial charge in [0.25, 0.3) is 0 Å². The molecule has 3 N–H and O–H groups in total. The minimum absolute atomic E-state index is 0.0985. The smallest absolute Gasteiger partial charge is 0.234 e. The van der Waals surface area contributed by atoms with Gasteiger partial charge in [0.05, 0.1) is 23.3 Å². The zero-order valence-electron chi connectivity index (χ0n) is 22.8. The number of likely N-dealkylation sites (N-methyl/N-ethyl adjacent to an activating group) is 1. The van der Waals surface area contributed by atoms with Gasteiger partial charge in [-0.05, 0) is 70.5 Å². The van der Waals surface area contributed by atoms with Crippen LogP contribution in [0.15, 0.2) is 36.5 Å². The molecule has 1 saturated carbocycles. The molecule has 1 aliphatic carbocycles. The maximum Gasteiger partial charge on any atom is 0.234 e. The van der Waals surface area contributed by atoms with E-state index < -0.39 is 11.9 Å². The predicted octanol–water partition coefficient (Wildman–Crippen LogP) is 4.36. The van der Waals surface area contributed by atoms with Crippen molar-refractivity contribution in [1.29, 1.82) is 0 Å². The molecule has 2 aliphatic rings. The van der Waals surface area contributed by atoms with E-state index in [1.54, 1.807) is 7.05 Å². The van der Waals surface area contributed by atoms with Crippen LogP contribution in [0.4, 0.5) is 0 Å². The first-order chi connectivity index (χ1) is 18.4. The van der Waals surface area contributed by atoms with Gasteiger partial charge in [0.2, 0.25) is 11.8 Å². The number of benzene rings is 1. The van der Waals surface area contributed by atoms with Gasteiger partial charge in [-0.2, -0.15) is 0 Å². The summed E-state index contributed by atoms with van der Waals surface area (Å²) in [4.78, 5) is 38.0. The highest BCUT2D eigenvalue weighted by Crippen LogP contribution is 2.39. The number of likely N-dealkylation sites (tertiary alicyclic amines) is 1. The molecule has 8 nitrogen and oxygen atoms in total. The number of para-hydroxylation sites is 1. The van der Waals surface area contributed by atoms with Crippen molar-refractivity contribution in [3.8, 4) is 5.82 Å². The Labute approximate surface area is 225 Å². The first-order valence-corrected chi connectivity index (χ1v) is 14.1. The quantitative estimate of drug-likeness (QED) is 0.463. The fourth-order valence-electron chi connectivity index (χ4n) is 6.62. The topological polar surface area (TPSA) is 106 Å². The summed E-state index contributed by atoms with van der Waals surface area (Å²) in [6.07, 6.45) is 9.91. The molecule has 2 aromatic heterocycles. The van der Waals surface area contributed by atoms with Crippen molar-refractivity contribution in [2.24, 2.45) is 17.6 Å². The van der Waals surface area contributed by atoms with E-state index in [0.717, 1.165) is 55.6 Å². The van der Waals surface area contributed by atoms with Gasteiger partial charge in [-0.15, -0.1) is 0 Å². The highest BCUT2D eigenvalue weighted by atomic mass is 16.2. The Bertz CT molecular complexity index is 1310. The van der Waals surface area contributed by atoms with E-state index in [0.29, 0.717) is 18.8 Å². The number of amides is 2. The van der Waals surface area contributed by atoms with Crippen LogP contribution < -0.4 is 11.1 Å². The summed E-state index contributed by atoms with van der Waals surface area (Å²) < 4.78 is 2.12. The van der Waals surface area contributed by atoms with E-state index in [-0.39, 0.29) is 23.8 Å². The summed E-state index contributed by atoms with van der Waals surface area (Å²) in [6.45, 7) is 4.74. The van der Waals surface area contributed by atoms with Crippen molar-refractivity contribution in [3.63, 3.8) is 0 Å². The predicted molar refractivity (Wildman–Crippen MR) is 149 cm³/mol. The van der Waals surface area contributed by atoms with Gasteiger partial charge in [-0.3, -0.25) is 9.59 Å². The molecule has 0 radical (unpaired) electrons. The highest BCUT2D eigenvalue weighted by molar-refractivity contribution is 5.85. The van der Waals surface area contributed by atoms with E-state index >= 15 is 0 Å². The van der Waals surface area contributed by atoms with Crippen LogP contribution in [0.25, 0.3) is 16.7 Å². The van der Waals surface area contributed by atoms with Gasteiger partial charge in [0.15, 0.2) is 0 Å². The van der Waals surface area contributed by atoms with Crippen molar-refractivity contribution in [3.05, 3.63) is 53.6 Å². The average Bonchev–Trinajstić information content (AvgIpc) is 3.54. The molecule has 3 heterocycles. The zero-order chi connectivity index (χ0) is 26.8. The van der Waals surface area contributed by atoms with Gasteiger partial charge in [0, 0.05) is 30.1 Å². The van der Waals surface area contributed by atoms with E-state index in [4.69, 9.17) is 15.7 Å². The summed E-state index contributed by atoms with van der Waals surface area (Å²) in [5, 5.41) is 4.24. The second kappa shape index (κ2) is 11.2. The van der Waals surface area contributed by atoms with Crippen LogP contribution in [0.1, 0.15) is 74.5 Å². The number of rotatable bonds is 8. The molecular weight excluding hydrogens is 476 g/mol. The van der Waals surface area contributed by atoms with Crippen molar-refractivity contribution >= 4 is 22.7 Å². The molecule has 1 saturated heterocycles. The van der Waals surface area contributed by atoms with Crippen molar-refractivity contribution in [1.82, 2.24) is 24.8 Å². The highest BCUT2D eigenvalue weighted by Gasteiger charge is 2.40. The largest absolute Gasteiger partial charge is 0.368 e. The summed E-state index contributed by atoms with van der Waals surface area (Å²) in [5.74, 6) is 1.32. The molecule has 1 aromatic carbocycles. The second-order valence-corrected chi connectivity index (χ2v) is 11.1. The molecule has 202 valence electrons. The first-order valence-electron chi connectivity index (χ1n) is 14.1. The molecule has 38 heavy (non-hydrogen) atoms. The van der Waals surface area contributed by atoms with Crippen LogP contribution in [0.3, 0.4) is 0 Å². The Balaban J connectivity index is 1.47. The normalized spacial score (nSPS) is 20.1. The third-order valence-electron chi connectivity index (χ3n) is 8.60. The van der Waals surface area contributed by atoms with E-state index in [1.165, 1.54) is 17.4 Å². The average molecular weight is 517 g/mol. The van der Waals surface area contributed by atoms with Crippen LogP contribution in [0, 0.1) is 25.7 Å². The number of hydrogen-bond acceptors (Lipinski definition) is 5. The van der Waals surface area contributed by atoms with E-state index in [1.807, 2.05) is 24.0 Å². The molecule has 1 aliphatic heterocycles. The maximum atomic E-state index is 14.2. The first kappa shape index (κ1) is 26.4. The van der Waals surface area contributed by atoms with Crippen LogP contribution >= 0.6 is 0 Å². The molecule has 3 unspecified atom stereocenters. The number of aromatic nitrogens is 3. The Kier molecular flexibility index (Phi) is 7.79. The standard InChI is InChI=1S/C30H40N6O2/c1-19-18-36(26-13-8-7-12-22(19)26)28-17-24(33-20(2)34-28)27-14-9-15-35(27)30(38)23(16-25(32-3)29(31)37)21-10-5-4-6-11-21/h7-8,12-13,17-18,21,23,25,27,32H,4-6,9-11,14-16H2,1-3H3,(H2,31,37). The Hall–Kier alpha value is -3.26. The van der Waals surface area contributed by atoms with E-state index in [9.17, 15) is 9.59 Å². The number of carbonyl (C=O) groups excluding carboxylic acids is 2. The number of nitrogens with zero attached hydrogens (tertiary/aromatic N) is 4. The number of hydrogen-bond donors (Lipinski definition) is 2. The minimum Gasteiger partial charge on any atom is -0.368 e. The molecule has 3 atom stereocenters. The maximum absolute atomic E-state index is 14.2. The van der Waals surface area contributed by atoms with Gasteiger partial charge in [-0.25, -0.2) is 9.97 Å². The molecule has 2 fully saturated rings. The molecule has 5 rings (SSSR count). The van der Waals surface area contributed by atoms with Gasteiger partial charge < -0.3 is 20.5 Å².